The maximum absolute atomic E-state index is 12.4. The zero-order valence-electron chi connectivity index (χ0n) is 11.1. The van der Waals surface area contributed by atoms with Crippen LogP contribution in [-0.2, 0) is 13.2 Å². The van der Waals surface area contributed by atoms with Gasteiger partial charge in [-0.1, -0.05) is 36.0 Å². The van der Waals surface area contributed by atoms with Gasteiger partial charge in [0, 0.05) is 23.2 Å². The predicted molar refractivity (Wildman–Crippen MR) is 77.0 cm³/mol. The van der Waals surface area contributed by atoms with Crippen molar-refractivity contribution < 1.29 is 4.39 Å². The summed E-state index contributed by atoms with van der Waals surface area (Å²) in [5.74, 6) is 0. The molecule has 2 aromatic rings. The summed E-state index contributed by atoms with van der Waals surface area (Å²) in [6.45, 7) is 0.431. The number of nitrogens with zero attached hydrogens (tertiary/aromatic N) is 2. The van der Waals surface area contributed by atoms with Crippen LogP contribution >= 0.6 is 11.8 Å². The molecule has 0 aliphatic rings. The van der Waals surface area contributed by atoms with Crippen LogP contribution in [0.25, 0.3) is 0 Å². The molecule has 0 spiro atoms. The van der Waals surface area contributed by atoms with Crippen molar-refractivity contribution in [3.63, 3.8) is 0 Å². The number of pyridine rings is 1. The van der Waals surface area contributed by atoms with Crippen molar-refractivity contribution in [1.82, 2.24) is 9.88 Å². The number of alkyl halides is 1. The second-order valence-corrected chi connectivity index (χ2v) is 5.65. The molecule has 0 amide bonds. The molecule has 19 heavy (non-hydrogen) atoms. The number of rotatable bonds is 5. The largest absolute Gasteiger partial charge is 0.305 e. The third kappa shape index (κ3) is 4.04. The number of hydrogen-bond donors (Lipinski definition) is 0. The molecule has 0 fully saturated rings. The molecule has 4 heteroatoms. The molecule has 2 rings (SSSR count). The number of aromatic nitrogens is 1. The summed E-state index contributed by atoms with van der Waals surface area (Å²) >= 11 is 1.62. The van der Waals surface area contributed by atoms with E-state index in [0.29, 0.717) is 5.56 Å². The van der Waals surface area contributed by atoms with Crippen LogP contribution in [0.15, 0.2) is 52.5 Å². The van der Waals surface area contributed by atoms with Gasteiger partial charge in [-0.25, -0.2) is 9.37 Å². The first-order chi connectivity index (χ1) is 9.19. The Morgan fingerprint density at radius 3 is 2.58 bits per heavy atom. The van der Waals surface area contributed by atoms with Crippen molar-refractivity contribution in [3.8, 4) is 0 Å². The summed E-state index contributed by atoms with van der Waals surface area (Å²) in [6.07, 6.45) is 1.59. The summed E-state index contributed by atoms with van der Waals surface area (Å²) in [7, 11) is 4.10. The van der Waals surface area contributed by atoms with Gasteiger partial charge >= 0.3 is 0 Å². The van der Waals surface area contributed by atoms with Crippen LogP contribution in [0.3, 0.4) is 0 Å². The van der Waals surface area contributed by atoms with Crippen LogP contribution in [0.2, 0.25) is 0 Å². The van der Waals surface area contributed by atoms with Gasteiger partial charge in [0.15, 0.2) is 0 Å². The van der Waals surface area contributed by atoms with Gasteiger partial charge in [-0.3, -0.25) is 0 Å². The standard InChI is InChI=1S/C15H17FN2S/c1-18(2)11-13-5-3-4-6-14(13)19-15-8-7-12(9-16)10-17-15/h3-8,10H,9,11H2,1-2H3. The van der Waals surface area contributed by atoms with E-state index in [2.05, 4.69) is 36.1 Å². The zero-order chi connectivity index (χ0) is 13.7. The molecule has 1 heterocycles. The number of benzene rings is 1. The van der Waals surface area contributed by atoms with Crippen LogP contribution in [0.5, 0.6) is 0 Å². The first-order valence-electron chi connectivity index (χ1n) is 6.10. The molecule has 2 nitrogen and oxygen atoms in total. The molecule has 0 bridgehead atoms. The lowest BCUT2D eigenvalue weighted by molar-refractivity contribution is 0.399. The van der Waals surface area contributed by atoms with Crippen molar-refractivity contribution in [2.75, 3.05) is 14.1 Å². The van der Waals surface area contributed by atoms with Crippen molar-refractivity contribution >= 4 is 11.8 Å². The summed E-state index contributed by atoms with van der Waals surface area (Å²) in [4.78, 5) is 7.60. The summed E-state index contributed by atoms with van der Waals surface area (Å²) in [6, 6.07) is 11.9. The Labute approximate surface area is 117 Å². The van der Waals surface area contributed by atoms with E-state index in [1.807, 2.05) is 18.2 Å². The van der Waals surface area contributed by atoms with Crippen molar-refractivity contribution in [1.29, 1.82) is 0 Å². The van der Waals surface area contributed by atoms with E-state index in [1.165, 1.54) is 10.5 Å². The Morgan fingerprint density at radius 2 is 1.95 bits per heavy atom. The molecule has 0 aliphatic heterocycles. The smallest absolute Gasteiger partial charge is 0.116 e. The quantitative estimate of drug-likeness (QED) is 0.827. The van der Waals surface area contributed by atoms with Crippen LogP contribution in [0.1, 0.15) is 11.1 Å². The Bertz CT molecular complexity index is 526. The molecule has 1 aromatic heterocycles. The van der Waals surface area contributed by atoms with Crippen LogP contribution in [0.4, 0.5) is 4.39 Å². The monoisotopic (exact) mass is 276 g/mol. The van der Waals surface area contributed by atoms with Crippen LogP contribution in [-0.4, -0.2) is 24.0 Å². The minimum absolute atomic E-state index is 0.463. The Balaban J connectivity index is 2.17. The molecule has 0 aliphatic carbocycles. The first-order valence-corrected chi connectivity index (χ1v) is 6.92. The van der Waals surface area contributed by atoms with Gasteiger partial charge in [-0.15, -0.1) is 0 Å². The summed E-state index contributed by atoms with van der Waals surface area (Å²) in [5, 5.41) is 0.892. The van der Waals surface area contributed by atoms with Gasteiger partial charge in [0.1, 0.15) is 11.7 Å². The third-order valence-corrected chi connectivity index (χ3v) is 3.69. The molecule has 0 saturated heterocycles. The van der Waals surface area contributed by atoms with Gasteiger partial charge in [-0.05, 0) is 31.8 Å². The summed E-state index contributed by atoms with van der Waals surface area (Å²) < 4.78 is 12.4. The second-order valence-electron chi connectivity index (χ2n) is 4.59. The fraction of sp³-hybridized carbons (Fsp3) is 0.267. The summed E-state index contributed by atoms with van der Waals surface area (Å²) in [5.41, 5.74) is 1.89. The normalized spacial score (nSPS) is 10.9. The van der Waals surface area contributed by atoms with E-state index in [9.17, 15) is 4.39 Å². The molecule has 1 aromatic carbocycles. The topological polar surface area (TPSA) is 16.1 Å². The van der Waals surface area contributed by atoms with E-state index in [-0.39, 0.29) is 0 Å². The van der Waals surface area contributed by atoms with Crippen LogP contribution < -0.4 is 0 Å². The lowest BCUT2D eigenvalue weighted by Gasteiger charge is -2.13. The Hall–Kier alpha value is -1.39. The van der Waals surface area contributed by atoms with E-state index < -0.39 is 6.67 Å². The predicted octanol–water partition coefficient (Wildman–Crippen LogP) is 3.76. The van der Waals surface area contributed by atoms with Gasteiger partial charge < -0.3 is 4.90 Å². The van der Waals surface area contributed by atoms with Crippen molar-refractivity contribution in [3.05, 3.63) is 53.7 Å². The highest BCUT2D eigenvalue weighted by molar-refractivity contribution is 7.99. The molecule has 0 atom stereocenters. The minimum Gasteiger partial charge on any atom is -0.305 e. The van der Waals surface area contributed by atoms with Gasteiger partial charge in [0.25, 0.3) is 0 Å². The molecule has 0 radical (unpaired) electrons. The molecular formula is C15H17FN2S. The molecule has 0 N–H and O–H groups in total. The van der Waals surface area contributed by atoms with E-state index in [4.69, 9.17) is 0 Å². The number of hydrogen-bond acceptors (Lipinski definition) is 3. The first kappa shape index (κ1) is 14.0. The van der Waals surface area contributed by atoms with Gasteiger partial charge in [0.2, 0.25) is 0 Å². The van der Waals surface area contributed by atoms with E-state index in [0.717, 1.165) is 11.6 Å². The highest BCUT2D eigenvalue weighted by Crippen LogP contribution is 2.29. The molecular weight excluding hydrogens is 259 g/mol. The highest BCUT2D eigenvalue weighted by Gasteiger charge is 2.06. The maximum Gasteiger partial charge on any atom is 0.116 e. The maximum atomic E-state index is 12.4. The minimum atomic E-state index is -0.463. The fourth-order valence-electron chi connectivity index (χ4n) is 1.74. The average molecular weight is 276 g/mol. The number of halogens is 1. The molecule has 0 unspecified atom stereocenters. The van der Waals surface area contributed by atoms with E-state index in [1.54, 1.807) is 24.0 Å². The SMILES string of the molecule is CN(C)Cc1ccccc1Sc1ccc(CF)cn1. The zero-order valence-corrected chi connectivity index (χ0v) is 12.0. The molecule has 0 saturated carbocycles. The fourth-order valence-corrected chi connectivity index (χ4v) is 2.61. The van der Waals surface area contributed by atoms with Gasteiger partial charge in [0.05, 0.1) is 0 Å². The third-order valence-electron chi connectivity index (χ3n) is 2.63. The second kappa shape index (κ2) is 6.68. The Kier molecular flexibility index (Phi) is 4.93. The van der Waals surface area contributed by atoms with E-state index >= 15 is 0 Å². The van der Waals surface area contributed by atoms with Crippen molar-refractivity contribution in [2.45, 2.75) is 23.1 Å². The Morgan fingerprint density at radius 1 is 1.16 bits per heavy atom. The lowest BCUT2D eigenvalue weighted by Crippen LogP contribution is -2.11. The van der Waals surface area contributed by atoms with Crippen LogP contribution in [0, 0.1) is 0 Å². The average Bonchev–Trinajstić information content (AvgIpc) is 2.41. The van der Waals surface area contributed by atoms with Gasteiger partial charge in [-0.2, -0.15) is 0 Å². The highest BCUT2D eigenvalue weighted by atomic mass is 32.2. The molecule has 100 valence electrons. The van der Waals surface area contributed by atoms with Crippen molar-refractivity contribution in [2.24, 2.45) is 0 Å². The lowest BCUT2D eigenvalue weighted by atomic mass is 10.2.